The molecule has 0 radical (unpaired) electrons. The van der Waals surface area contributed by atoms with E-state index in [2.05, 4.69) is 9.55 Å². The lowest BCUT2D eigenvalue weighted by molar-refractivity contribution is 0.0648. The van der Waals surface area contributed by atoms with Gasteiger partial charge in [-0.2, -0.15) is 0 Å². The van der Waals surface area contributed by atoms with Crippen molar-refractivity contribution in [2.24, 2.45) is 0 Å². The SMILES string of the molecule is COc1cccc(-c2nccn2[C@@H]2CCCN(C(=O)c3ccco3)C2)c1OC. The van der Waals surface area contributed by atoms with Gasteiger partial charge in [0.15, 0.2) is 17.3 Å². The molecule has 3 heterocycles. The molecule has 1 saturated heterocycles. The number of piperidine rings is 1. The van der Waals surface area contributed by atoms with E-state index in [0.717, 1.165) is 30.8 Å². The number of aromatic nitrogens is 2. The quantitative estimate of drug-likeness (QED) is 0.675. The van der Waals surface area contributed by atoms with Gasteiger partial charge in [-0.25, -0.2) is 4.98 Å². The number of likely N-dealkylation sites (tertiary alicyclic amines) is 1. The van der Waals surface area contributed by atoms with E-state index < -0.39 is 0 Å². The van der Waals surface area contributed by atoms with Crippen LogP contribution in [-0.2, 0) is 0 Å². The molecule has 146 valence electrons. The molecule has 1 amide bonds. The normalized spacial score (nSPS) is 16.8. The molecule has 4 rings (SSSR count). The Bertz CT molecular complexity index is 948. The number of methoxy groups -OCH3 is 2. The van der Waals surface area contributed by atoms with E-state index in [-0.39, 0.29) is 11.9 Å². The molecule has 1 aliphatic rings. The fraction of sp³-hybridized carbons (Fsp3) is 0.333. The van der Waals surface area contributed by atoms with Gasteiger partial charge in [0, 0.05) is 25.5 Å². The Morgan fingerprint density at radius 1 is 1.21 bits per heavy atom. The maximum Gasteiger partial charge on any atom is 0.289 e. The molecule has 3 aromatic rings. The van der Waals surface area contributed by atoms with Crippen molar-refractivity contribution in [2.45, 2.75) is 18.9 Å². The lowest BCUT2D eigenvalue weighted by atomic mass is 10.0. The lowest BCUT2D eigenvalue weighted by Gasteiger charge is -2.33. The molecule has 1 fully saturated rings. The van der Waals surface area contributed by atoms with Gasteiger partial charge >= 0.3 is 0 Å². The summed E-state index contributed by atoms with van der Waals surface area (Å²) in [7, 11) is 3.24. The highest BCUT2D eigenvalue weighted by molar-refractivity contribution is 5.91. The summed E-state index contributed by atoms with van der Waals surface area (Å²) in [5.74, 6) is 2.41. The molecule has 2 aromatic heterocycles. The van der Waals surface area contributed by atoms with E-state index in [0.29, 0.717) is 23.8 Å². The van der Waals surface area contributed by atoms with Gasteiger partial charge in [-0.05, 0) is 37.1 Å². The number of hydrogen-bond donors (Lipinski definition) is 0. The summed E-state index contributed by atoms with van der Waals surface area (Å²) in [6, 6.07) is 9.31. The lowest BCUT2D eigenvalue weighted by Crippen LogP contribution is -2.40. The van der Waals surface area contributed by atoms with Gasteiger partial charge in [0.2, 0.25) is 0 Å². The van der Waals surface area contributed by atoms with Gasteiger partial charge in [0.05, 0.1) is 32.1 Å². The summed E-state index contributed by atoms with van der Waals surface area (Å²) in [6.07, 6.45) is 7.15. The first-order chi connectivity index (χ1) is 13.7. The molecule has 1 aliphatic heterocycles. The van der Waals surface area contributed by atoms with Crippen LogP contribution in [0.25, 0.3) is 11.4 Å². The second-order valence-electron chi connectivity index (χ2n) is 6.72. The highest BCUT2D eigenvalue weighted by Crippen LogP contribution is 2.38. The first-order valence-corrected chi connectivity index (χ1v) is 9.30. The summed E-state index contributed by atoms with van der Waals surface area (Å²) in [4.78, 5) is 19.1. The number of para-hydroxylation sites is 1. The Morgan fingerprint density at radius 2 is 2.11 bits per heavy atom. The van der Waals surface area contributed by atoms with E-state index in [1.165, 1.54) is 6.26 Å². The van der Waals surface area contributed by atoms with Crippen molar-refractivity contribution >= 4 is 5.91 Å². The summed E-state index contributed by atoms with van der Waals surface area (Å²) in [5, 5.41) is 0. The van der Waals surface area contributed by atoms with Gasteiger partial charge in [-0.3, -0.25) is 4.79 Å². The average Bonchev–Trinajstić information content (AvgIpc) is 3.44. The third-order valence-corrected chi connectivity index (χ3v) is 5.12. The second-order valence-corrected chi connectivity index (χ2v) is 6.72. The number of furan rings is 1. The van der Waals surface area contributed by atoms with Crippen molar-refractivity contribution < 1.29 is 18.7 Å². The van der Waals surface area contributed by atoms with Crippen molar-refractivity contribution in [1.29, 1.82) is 0 Å². The largest absolute Gasteiger partial charge is 0.493 e. The van der Waals surface area contributed by atoms with Gasteiger partial charge in [-0.1, -0.05) is 6.07 Å². The van der Waals surface area contributed by atoms with Gasteiger partial charge in [-0.15, -0.1) is 0 Å². The minimum Gasteiger partial charge on any atom is -0.493 e. The zero-order valence-corrected chi connectivity index (χ0v) is 16.0. The standard InChI is InChI=1S/C21H23N3O4/c1-26-17-8-3-7-16(19(17)27-2)20-22-10-12-24(20)15-6-4-11-23(14-15)21(25)18-9-5-13-28-18/h3,5,7-10,12-13,15H,4,6,11,14H2,1-2H3/t15-/m1/s1. The fourth-order valence-electron chi connectivity index (χ4n) is 3.80. The van der Waals surface area contributed by atoms with Crippen LogP contribution in [0.2, 0.25) is 0 Å². The third-order valence-electron chi connectivity index (χ3n) is 5.12. The number of hydrogen-bond acceptors (Lipinski definition) is 5. The molecular weight excluding hydrogens is 358 g/mol. The van der Waals surface area contributed by atoms with E-state index in [1.54, 1.807) is 32.5 Å². The van der Waals surface area contributed by atoms with Crippen LogP contribution in [0.3, 0.4) is 0 Å². The third kappa shape index (κ3) is 3.24. The van der Waals surface area contributed by atoms with Crippen LogP contribution in [0.15, 0.2) is 53.4 Å². The number of carbonyl (C=O) groups excluding carboxylic acids is 1. The number of amides is 1. The first-order valence-electron chi connectivity index (χ1n) is 9.30. The molecular formula is C21H23N3O4. The predicted molar refractivity (Wildman–Crippen MR) is 104 cm³/mol. The van der Waals surface area contributed by atoms with E-state index in [1.807, 2.05) is 29.3 Å². The topological polar surface area (TPSA) is 69.7 Å². The number of imidazole rings is 1. The Kier molecular flexibility index (Phi) is 5.06. The number of rotatable bonds is 5. The summed E-state index contributed by atoms with van der Waals surface area (Å²) < 4.78 is 18.4. The predicted octanol–water partition coefficient (Wildman–Crippen LogP) is 3.64. The molecule has 0 aliphatic carbocycles. The number of nitrogens with zero attached hydrogens (tertiary/aromatic N) is 3. The van der Waals surface area contributed by atoms with E-state index in [4.69, 9.17) is 13.9 Å². The van der Waals surface area contributed by atoms with Crippen molar-refractivity contribution in [1.82, 2.24) is 14.5 Å². The van der Waals surface area contributed by atoms with Crippen LogP contribution in [-0.4, -0.2) is 47.7 Å². The highest BCUT2D eigenvalue weighted by atomic mass is 16.5. The molecule has 7 heteroatoms. The molecule has 0 spiro atoms. The number of benzene rings is 1. The maximum atomic E-state index is 12.7. The van der Waals surface area contributed by atoms with Crippen molar-refractivity contribution in [3.05, 3.63) is 54.7 Å². The Balaban J connectivity index is 1.63. The first kappa shape index (κ1) is 18.2. The van der Waals surface area contributed by atoms with Crippen LogP contribution in [0, 0.1) is 0 Å². The molecule has 0 bridgehead atoms. The fourth-order valence-corrected chi connectivity index (χ4v) is 3.80. The summed E-state index contributed by atoms with van der Waals surface area (Å²) >= 11 is 0. The second kappa shape index (κ2) is 7.80. The van der Waals surface area contributed by atoms with Crippen LogP contribution in [0.4, 0.5) is 0 Å². The smallest absolute Gasteiger partial charge is 0.289 e. The van der Waals surface area contributed by atoms with Crippen molar-refractivity contribution in [2.75, 3.05) is 27.3 Å². The van der Waals surface area contributed by atoms with Gasteiger partial charge in [0.25, 0.3) is 5.91 Å². The number of ether oxygens (including phenoxy) is 2. The zero-order valence-electron chi connectivity index (χ0n) is 16.0. The molecule has 7 nitrogen and oxygen atoms in total. The van der Waals surface area contributed by atoms with Crippen molar-refractivity contribution in [3.63, 3.8) is 0 Å². The minimum absolute atomic E-state index is 0.0738. The average molecular weight is 381 g/mol. The van der Waals surface area contributed by atoms with Gasteiger partial charge < -0.3 is 23.4 Å². The summed E-state index contributed by atoms with van der Waals surface area (Å²) in [6.45, 7) is 1.33. The Labute approximate surface area is 163 Å². The molecule has 28 heavy (non-hydrogen) atoms. The molecule has 0 N–H and O–H groups in total. The number of carbonyl (C=O) groups is 1. The van der Waals surface area contributed by atoms with Crippen LogP contribution < -0.4 is 9.47 Å². The molecule has 0 unspecified atom stereocenters. The van der Waals surface area contributed by atoms with Gasteiger partial charge in [0.1, 0.15) is 5.82 Å². The molecule has 1 aromatic carbocycles. The van der Waals surface area contributed by atoms with Crippen LogP contribution >= 0.6 is 0 Å². The van der Waals surface area contributed by atoms with Crippen molar-refractivity contribution in [3.8, 4) is 22.9 Å². The van der Waals surface area contributed by atoms with Crippen LogP contribution in [0.1, 0.15) is 29.4 Å². The van der Waals surface area contributed by atoms with E-state index in [9.17, 15) is 4.79 Å². The molecule has 1 atom stereocenters. The maximum absolute atomic E-state index is 12.7. The Morgan fingerprint density at radius 3 is 2.86 bits per heavy atom. The highest BCUT2D eigenvalue weighted by Gasteiger charge is 2.28. The summed E-state index contributed by atoms with van der Waals surface area (Å²) in [5.41, 5.74) is 0.862. The minimum atomic E-state index is -0.0738. The zero-order chi connectivity index (χ0) is 19.5. The molecule has 0 saturated carbocycles. The Hall–Kier alpha value is -3.22. The van der Waals surface area contributed by atoms with Crippen LogP contribution in [0.5, 0.6) is 11.5 Å². The van der Waals surface area contributed by atoms with E-state index >= 15 is 0 Å². The monoisotopic (exact) mass is 381 g/mol.